The first kappa shape index (κ1) is 19.2. The third-order valence-electron chi connectivity index (χ3n) is 3.26. The fraction of sp³-hybridized carbons (Fsp3) is 0.929. The Balaban J connectivity index is 4.69. The van der Waals surface area contributed by atoms with E-state index in [4.69, 9.17) is 11.1 Å². The number of hydrogen-bond acceptors (Lipinski definition) is 2. The smallest absolute Gasteiger partial charge is 0.387 e. The Morgan fingerprint density at radius 3 is 1.70 bits per heavy atom. The topological polar surface area (TPSA) is 53.1 Å². The highest BCUT2D eigenvalue weighted by Crippen LogP contribution is 2.27. The van der Waals surface area contributed by atoms with Gasteiger partial charge in [-0.3, -0.25) is 5.41 Å². The number of hydrogen-bond donors (Lipinski definition) is 2. The van der Waals surface area contributed by atoms with E-state index in [0.29, 0.717) is 24.9 Å². The molecule has 0 spiro atoms. The minimum atomic E-state index is -4.44. The number of nitrogens with zero attached hydrogens (tertiary/aromatic N) is 1. The fourth-order valence-electron chi connectivity index (χ4n) is 1.81. The molecule has 0 aromatic rings. The van der Waals surface area contributed by atoms with Gasteiger partial charge in [-0.15, -0.1) is 0 Å². The molecule has 0 heterocycles. The molecule has 120 valence electrons. The molecule has 0 aliphatic rings. The van der Waals surface area contributed by atoms with Gasteiger partial charge in [-0.05, 0) is 37.8 Å². The highest BCUT2D eigenvalue weighted by Gasteiger charge is 2.42. The Kier molecular flexibility index (Phi) is 8.16. The monoisotopic (exact) mass is 295 g/mol. The summed E-state index contributed by atoms with van der Waals surface area (Å²) in [5.41, 5.74) is 5.12. The van der Waals surface area contributed by atoms with Gasteiger partial charge < -0.3 is 10.6 Å². The van der Waals surface area contributed by atoms with Crippen molar-refractivity contribution in [1.29, 1.82) is 5.41 Å². The predicted octanol–water partition coefficient (Wildman–Crippen LogP) is 3.50. The van der Waals surface area contributed by atoms with Crippen LogP contribution in [-0.4, -0.2) is 36.5 Å². The lowest BCUT2D eigenvalue weighted by molar-refractivity contribution is -0.160. The third kappa shape index (κ3) is 8.40. The van der Waals surface area contributed by atoms with E-state index in [-0.39, 0.29) is 6.54 Å². The minimum Gasteiger partial charge on any atom is -0.387 e. The summed E-state index contributed by atoms with van der Waals surface area (Å²) in [6.45, 7) is 9.21. The molecule has 0 fully saturated rings. The van der Waals surface area contributed by atoms with Crippen molar-refractivity contribution in [3.63, 3.8) is 0 Å². The van der Waals surface area contributed by atoms with Gasteiger partial charge in [0.1, 0.15) is 11.8 Å². The van der Waals surface area contributed by atoms with E-state index in [1.54, 1.807) is 4.90 Å². The molecule has 0 saturated carbocycles. The van der Waals surface area contributed by atoms with Crippen LogP contribution < -0.4 is 5.73 Å². The molecule has 6 heteroatoms. The average molecular weight is 295 g/mol. The first-order valence-corrected chi connectivity index (χ1v) is 7.17. The molecular formula is C14H28F3N3. The summed E-state index contributed by atoms with van der Waals surface area (Å²) in [6, 6.07) is 0. The molecule has 0 bridgehead atoms. The van der Waals surface area contributed by atoms with Gasteiger partial charge in [-0.1, -0.05) is 27.7 Å². The van der Waals surface area contributed by atoms with Crippen LogP contribution in [0.5, 0.6) is 0 Å². The van der Waals surface area contributed by atoms with Gasteiger partial charge in [0.25, 0.3) is 0 Å². The first-order chi connectivity index (χ1) is 9.04. The Morgan fingerprint density at radius 1 is 1.05 bits per heavy atom. The van der Waals surface area contributed by atoms with E-state index >= 15 is 0 Å². The van der Waals surface area contributed by atoms with Crippen LogP contribution in [0.3, 0.4) is 0 Å². The van der Waals surface area contributed by atoms with E-state index in [1.807, 2.05) is 27.7 Å². The van der Waals surface area contributed by atoms with E-state index in [9.17, 15) is 13.2 Å². The standard InChI is InChI=1S/C14H28F3N3/c1-10(2)5-7-20(8-6-11(3)4)9-12(13(18)19)14(15,16)17/h10-12H,5-9H2,1-4H3,(H3,18,19). The van der Waals surface area contributed by atoms with Crippen molar-refractivity contribution >= 4 is 5.84 Å². The molecule has 20 heavy (non-hydrogen) atoms. The Bertz CT molecular complexity index is 276. The highest BCUT2D eigenvalue weighted by atomic mass is 19.4. The van der Waals surface area contributed by atoms with Crippen LogP contribution in [0, 0.1) is 23.2 Å². The molecule has 1 unspecified atom stereocenters. The third-order valence-corrected chi connectivity index (χ3v) is 3.26. The molecule has 0 radical (unpaired) electrons. The second-order valence-electron chi connectivity index (χ2n) is 6.22. The lowest BCUT2D eigenvalue weighted by atomic mass is 10.0. The Labute approximate surface area is 120 Å². The molecule has 0 rings (SSSR count). The molecule has 3 N–H and O–H groups in total. The van der Waals surface area contributed by atoms with Crippen molar-refractivity contribution in [2.45, 2.75) is 46.7 Å². The summed E-state index contributed by atoms with van der Waals surface area (Å²) in [7, 11) is 0. The number of nitrogens with two attached hydrogens (primary N) is 1. The zero-order chi connectivity index (χ0) is 15.9. The minimum absolute atomic E-state index is 0.210. The lowest BCUT2D eigenvalue weighted by Gasteiger charge is -2.29. The molecule has 0 amide bonds. The van der Waals surface area contributed by atoms with Crippen molar-refractivity contribution in [1.82, 2.24) is 4.90 Å². The maximum Gasteiger partial charge on any atom is 0.399 e. The van der Waals surface area contributed by atoms with Crippen LogP contribution in [0.4, 0.5) is 13.2 Å². The van der Waals surface area contributed by atoms with Crippen molar-refractivity contribution in [3.8, 4) is 0 Å². The summed E-state index contributed by atoms with van der Waals surface area (Å²) in [5.74, 6) is -1.77. The van der Waals surface area contributed by atoms with Crippen LogP contribution in [0.1, 0.15) is 40.5 Å². The maximum atomic E-state index is 12.9. The molecule has 0 aliphatic carbocycles. The van der Waals surface area contributed by atoms with Gasteiger partial charge in [0, 0.05) is 6.54 Å². The van der Waals surface area contributed by atoms with E-state index < -0.39 is 17.9 Å². The van der Waals surface area contributed by atoms with Gasteiger partial charge in [-0.2, -0.15) is 13.2 Å². The van der Waals surface area contributed by atoms with Crippen molar-refractivity contribution < 1.29 is 13.2 Å². The number of nitrogens with one attached hydrogen (secondary N) is 1. The van der Waals surface area contributed by atoms with Crippen LogP contribution in [0.15, 0.2) is 0 Å². The molecule has 1 atom stereocenters. The van der Waals surface area contributed by atoms with Gasteiger partial charge >= 0.3 is 6.18 Å². The predicted molar refractivity (Wildman–Crippen MR) is 76.8 cm³/mol. The Morgan fingerprint density at radius 2 is 1.45 bits per heavy atom. The second-order valence-corrected chi connectivity index (χ2v) is 6.22. The van der Waals surface area contributed by atoms with E-state index in [1.165, 1.54) is 0 Å². The molecule has 0 saturated heterocycles. The highest BCUT2D eigenvalue weighted by molar-refractivity contribution is 5.80. The summed E-state index contributed by atoms with van der Waals surface area (Å²) < 4.78 is 38.6. The van der Waals surface area contributed by atoms with E-state index in [2.05, 4.69) is 0 Å². The zero-order valence-corrected chi connectivity index (χ0v) is 12.9. The average Bonchev–Trinajstić information content (AvgIpc) is 2.24. The first-order valence-electron chi connectivity index (χ1n) is 7.17. The molecule has 0 aromatic carbocycles. The summed E-state index contributed by atoms with van der Waals surface area (Å²) in [6.07, 6.45) is -2.75. The van der Waals surface area contributed by atoms with Gasteiger partial charge in [0.05, 0.1) is 0 Å². The van der Waals surface area contributed by atoms with Crippen molar-refractivity contribution in [3.05, 3.63) is 0 Å². The summed E-state index contributed by atoms with van der Waals surface area (Å²) >= 11 is 0. The quantitative estimate of drug-likeness (QED) is 0.505. The lowest BCUT2D eigenvalue weighted by Crippen LogP contribution is -2.44. The normalized spacial score (nSPS) is 14.3. The fourth-order valence-corrected chi connectivity index (χ4v) is 1.81. The Hall–Kier alpha value is -0.780. The zero-order valence-electron chi connectivity index (χ0n) is 12.9. The molecule has 0 aliphatic heterocycles. The number of alkyl halides is 3. The van der Waals surface area contributed by atoms with Crippen LogP contribution >= 0.6 is 0 Å². The summed E-state index contributed by atoms with van der Waals surface area (Å²) in [4.78, 5) is 1.79. The largest absolute Gasteiger partial charge is 0.399 e. The van der Waals surface area contributed by atoms with E-state index in [0.717, 1.165) is 12.8 Å². The van der Waals surface area contributed by atoms with Gasteiger partial charge in [-0.25, -0.2) is 0 Å². The van der Waals surface area contributed by atoms with Crippen molar-refractivity contribution in [2.75, 3.05) is 19.6 Å². The number of halogens is 3. The molecule has 3 nitrogen and oxygen atoms in total. The molecule has 0 aromatic heterocycles. The van der Waals surface area contributed by atoms with Crippen molar-refractivity contribution in [2.24, 2.45) is 23.5 Å². The van der Waals surface area contributed by atoms with Gasteiger partial charge in [0.2, 0.25) is 0 Å². The number of amidine groups is 1. The number of rotatable bonds is 9. The van der Waals surface area contributed by atoms with Gasteiger partial charge in [0.15, 0.2) is 0 Å². The second kappa shape index (κ2) is 8.49. The van der Waals surface area contributed by atoms with Crippen LogP contribution in [0.2, 0.25) is 0 Å². The van der Waals surface area contributed by atoms with Crippen LogP contribution in [0.25, 0.3) is 0 Å². The SMILES string of the molecule is CC(C)CCN(CCC(C)C)CC(C(=N)N)C(F)(F)F. The molecular weight excluding hydrogens is 267 g/mol. The maximum absolute atomic E-state index is 12.9. The van der Waals surface area contributed by atoms with Crippen LogP contribution in [-0.2, 0) is 0 Å². The summed E-state index contributed by atoms with van der Waals surface area (Å²) in [5, 5.41) is 7.17.